The second-order valence-corrected chi connectivity index (χ2v) is 5.41. The molecule has 0 amide bonds. The van der Waals surface area contributed by atoms with Crippen molar-refractivity contribution in [3.8, 4) is 28.6 Å². The third kappa shape index (κ3) is 2.83. The number of nitrogens with zero attached hydrogens (tertiary/aromatic N) is 2. The molecule has 0 aliphatic heterocycles. The van der Waals surface area contributed by atoms with E-state index in [0.29, 0.717) is 22.4 Å². The first-order valence-electron chi connectivity index (χ1n) is 7.68. The van der Waals surface area contributed by atoms with E-state index < -0.39 is 11.6 Å². The number of aromatic nitrogens is 2. The molecule has 0 unspecified atom stereocenters. The van der Waals surface area contributed by atoms with Crippen molar-refractivity contribution < 1.29 is 22.8 Å². The quantitative estimate of drug-likeness (QED) is 0.518. The third-order valence-electron chi connectivity index (χ3n) is 3.78. The number of ether oxygens (including phenoxy) is 2. The van der Waals surface area contributed by atoms with Gasteiger partial charge in [0.05, 0.1) is 12.5 Å². The highest BCUT2D eigenvalue weighted by Crippen LogP contribution is 2.34. The average Bonchev–Trinajstić information content (AvgIpc) is 3.06. The Balaban J connectivity index is 1.71. The third-order valence-corrected chi connectivity index (χ3v) is 3.78. The van der Waals surface area contributed by atoms with Gasteiger partial charge >= 0.3 is 0 Å². The lowest BCUT2D eigenvalue weighted by molar-refractivity contribution is 0.370. The largest absolute Gasteiger partial charge is 0.493 e. The zero-order valence-corrected chi connectivity index (χ0v) is 13.6. The summed E-state index contributed by atoms with van der Waals surface area (Å²) in [7, 11) is 1.41. The van der Waals surface area contributed by atoms with Crippen LogP contribution in [0, 0.1) is 11.6 Å². The van der Waals surface area contributed by atoms with Crippen LogP contribution in [-0.4, -0.2) is 17.3 Å². The number of rotatable bonds is 4. The van der Waals surface area contributed by atoms with E-state index in [2.05, 4.69) is 10.1 Å². The van der Waals surface area contributed by atoms with E-state index in [0.717, 1.165) is 0 Å². The van der Waals surface area contributed by atoms with Gasteiger partial charge in [-0.3, -0.25) is 0 Å². The van der Waals surface area contributed by atoms with Crippen molar-refractivity contribution in [2.45, 2.75) is 0 Å². The zero-order chi connectivity index (χ0) is 18.1. The average molecular weight is 354 g/mol. The highest BCUT2D eigenvalue weighted by Gasteiger charge is 2.16. The van der Waals surface area contributed by atoms with E-state index in [4.69, 9.17) is 14.0 Å². The van der Waals surface area contributed by atoms with Crippen LogP contribution in [0.15, 0.2) is 59.1 Å². The smallest absolute Gasteiger partial charge is 0.261 e. The van der Waals surface area contributed by atoms with Gasteiger partial charge < -0.3 is 14.0 Å². The minimum Gasteiger partial charge on any atom is -0.493 e. The summed E-state index contributed by atoms with van der Waals surface area (Å²) >= 11 is 0. The van der Waals surface area contributed by atoms with Crippen LogP contribution in [0.3, 0.4) is 0 Å². The molecular weight excluding hydrogens is 342 g/mol. The summed E-state index contributed by atoms with van der Waals surface area (Å²) in [6.45, 7) is 0. The molecule has 26 heavy (non-hydrogen) atoms. The molecule has 0 fully saturated rings. The van der Waals surface area contributed by atoms with E-state index in [1.165, 1.54) is 31.4 Å². The molecule has 0 radical (unpaired) electrons. The van der Waals surface area contributed by atoms with Crippen molar-refractivity contribution in [1.82, 2.24) is 10.1 Å². The summed E-state index contributed by atoms with van der Waals surface area (Å²) in [4.78, 5) is 4.22. The Morgan fingerprint density at radius 1 is 0.962 bits per heavy atom. The molecule has 0 saturated heterocycles. The fourth-order valence-corrected chi connectivity index (χ4v) is 2.55. The van der Waals surface area contributed by atoms with Crippen LogP contribution in [0.25, 0.3) is 22.4 Å². The van der Waals surface area contributed by atoms with Crippen molar-refractivity contribution >= 4 is 11.1 Å². The second-order valence-electron chi connectivity index (χ2n) is 5.41. The minimum absolute atomic E-state index is 0.196. The Kier molecular flexibility index (Phi) is 3.96. The standard InChI is InChI=1S/C19H12F2N2O3/c1-24-16-10-11(20)6-8-15(16)25-17-9-7-13-18(23-26-19(13)22-17)12-4-2-3-5-14(12)21/h2-10H,1H3. The van der Waals surface area contributed by atoms with Crippen LogP contribution >= 0.6 is 0 Å². The molecule has 0 aliphatic rings. The number of hydrogen-bond donors (Lipinski definition) is 0. The van der Waals surface area contributed by atoms with Gasteiger partial charge in [0.1, 0.15) is 17.3 Å². The molecule has 2 aromatic carbocycles. The van der Waals surface area contributed by atoms with Crippen molar-refractivity contribution in [2.75, 3.05) is 7.11 Å². The Hall–Kier alpha value is -3.48. The molecule has 0 N–H and O–H groups in total. The van der Waals surface area contributed by atoms with E-state index in [9.17, 15) is 8.78 Å². The molecule has 0 bridgehead atoms. The van der Waals surface area contributed by atoms with E-state index >= 15 is 0 Å². The van der Waals surface area contributed by atoms with Crippen molar-refractivity contribution in [1.29, 1.82) is 0 Å². The number of hydrogen-bond acceptors (Lipinski definition) is 5. The van der Waals surface area contributed by atoms with E-state index in [1.54, 1.807) is 30.3 Å². The lowest BCUT2D eigenvalue weighted by Crippen LogP contribution is -1.93. The Labute approximate surface area is 146 Å². The first-order valence-corrected chi connectivity index (χ1v) is 7.68. The van der Waals surface area contributed by atoms with Gasteiger partial charge in [-0.25, -0.2) is 8.78 Å². The van der Waals surface area contributed by atoms with Gasteiger partial charge in [-0.15, -0.1) is 0 Å². The van der Waals surface area contributed by atoms with Crippen LogP contribution in [0.2, 0.25) is 0 Å². The summed E-state index contributed by atoms with van der Waals surface area (Å²) in [5.41, 5.74) is 0.875. The zero-order valence-electron chi connectivity index (χ0n) is 13.6. The number of halogens is 2. The van der Waals surface area contributed by atoms with Gasteiger partial charge in [0, 0.05) is 17.7 Å². The maximum atomic E-state index is 14.0. The van der Waals surface area contributed by atoms with Crippen LogP contribution in [0.4, 0.5) is 8.78 Å². The van der Waals surface area contributed by atoms with Crippen molar-refractivity contribution in [3.63, 3.8) is 0 Å². The van der Waals surface area contributed by atoms with Crippen LogP contribution in [0.1, 0.15) is 0 Å². The topological polar surface area (TPSA) is 57.4 Å². The van der Waals surface area contributed by atoms with Gasteiger partial charge in [-0.05, 0) is 30.3 Å². The normalized spacial score (nSPS) is 10.9. The highest BCUT2D eigenvalue weighted by molar-refractivity contribution is 5.89. The lowest BCUT2D eigenvalue weighted by atomic mass is 10.1. The maximum Gasteiger partial charge on any atom is 0.261 e. The number of methoxy groups -OCH3 is 1. The van der Waals surface area contributed by atoms with Crippen LogP contribution < -0.4 is 9.47 Å². The molecule has 2 aromatic heterocycles. The number of fused-ring (bicyclic) bond motifs is 1. The molecule has 4 rings (SSSR count). The van der Waals surface area contributed by atoms with Crippen molar-refractivity contribution in [3.05, 3.63) is 66.2 Å². The molecule has 4 aromatic rings. The predicted molar refractivity (Wildman–Crippen MR) is 90.2 cm³/mol. The molecule has 0 aliphatic carbocycles. The van der Waals surface area contributed by atoms with Gasteiger partial charge in [0.25, 0.3) is 5.71 Å². The van der Waals surface area contributed by atoms with Crippen LogP contribution in [0.5, 0.6) is 17.4 Å². The summed E-state index contributed by atoms with van der Waals surface area (Å²) < 4.78 is 43.2. The predicted octanol–water partition coefficient (Wildman–Crippen LogP) is 4.97. The summed E-state index contributed by atoms with van der Waals surface area (Å²) in [6, 6.07) is 13.4. The SMILES string of the molecule is COc1cc(F)ccc1Oc1ccc2c(-c3ccccc3F)noc2n1. The lowest BCUT2D eigenvalue weighted by Gasteiger charge is -2.09. The first-order chi connectivity index (χ1) is 12.7. The number of pyridine rings is 1. The summed E-state index contributed by atoms with van der Waals surface area (Å²) in [5, 5.41) is 4.46. The molecule has 0 spiro atoms. The van der Waals surface area contributed by atoms with Gasteiger partial charge in [-0.2, -0.15) is 4.98 Å². The highest BCUT2D eigenvalue weighted by atomic mass is 19.1. The van der Waals surface area contributed by atoms with E-state index in [1.807, 2.05) is 0 Å². The molecule has 7 heteroatoms. The Bertz CT molecular complexity index is 1100. The van der Waals surface area contributed by atoms with Crippen molar-refractivity contribution in [2.24, 2.45) is 0 Å². The van der Waals surface area contributed by atoms with E-state index in [-0.39, 0.29) is 17.3 Å². The molecule has 2 heterocycles. The summed E-state index contributed by atoms with van der Waals surface area (Å²) in [5.74, 6) is -0.105. The maximum absolute atomic E-state index is 14.0. The second kappa shape index (κ2) is 6.44. The number of benzene rings is 2. The monoisotopic (exact) mass is 354 g/mol. The Morgan fingerprint density at radius 2 is 1.81 bits per heavy atom. The van der Waals surface area contributed by atoms with Gasteiger partial charge in [0.2, 0.25) is 5.88 Å². The fourth-order valence-electron chi connectivity index (χ4n) is 2.55. The minimum atomic E-state index is -0.442. The summed E-state index contributed by atoms with van der Waals surface area (Å²) in [6.07, 6.45) is 0. The molecule has 5 nitrogen and oxygen atoms in total. The molecule has 0 atom stereocenters. The van der Waals surface area contributed by atoms with Gasteiger partial charge in [-0.1, -0.05) is 17.3 Å². The molecular formula is C19H12F2N2O3. The first kappa shape index (κ1) is 16.0. The molecule has 130 valence electrons. The Morgan fingerprint density at radius 3 is 2.62 bits per heavy atom. The van der Waals surface area contributed by atoms with Gasteiger partial charge in [0.15, 0.2) is 11.5 Å². The fraction of sp³-hybridized carbons (Fsp3) is 0.0526. The van der Waals surface area contributed by atoms with Crippen LogP contribution in [-0.2, 0) is 0 Å². The molecule has 0 saturated carbocycles.